The van der Waals surface area contributed by atoms with Crippen LogP contribution in [0.3, 0.4) is 0 Å². The Morgan fingerprint density at radius 1 is 0.212 bits per heavy atom. The average molecular weight is 845 g/mol. The number of para-hydroxylation sites is 2. The van der Waals surface area contributed by atoms with E-state index in [2.05, 4.69) is 228 Å². The Hall–Kier alpha value is -8.86. The van der Waals surface area contributed by atoms with Crippen LogP contribution in [0.4, 0.5) is 34.1 Å². The summed E-state index contributed by atoms with van der Waals surface area (Å²) in [5.41, 5.74) is 14.5. The third-order valence-corrected chi connectivity index (χ3v) is 13.0. The third kappa shape index (κ3) is 6.55. The van der Waals surface area contributed by atoms with E-state index >= 15 is 0 Å². The Labute approximate surface area is 381 Å². The van der Waals surface area contributed by atoms with Gasteiger partial charge in [-0.15, -0.1) is 0 Å². The van der Waals surface area contributed by atoms with Crippen LogP contribution in [0.2, 0.25) is 0 Å². The Bertz CT molecular complexity index is 3680. The van der Waals surface area contributed by atoms with Gasteiger partial charge < -0.3 is 18.6 Å². The molecule has 2 heterocycles. The van der Waals surface area contributed by atoms with Gasteiger partial charge in [0.2, 0.25) is 0 Å². The number of rotatable bonds is 8. The number of hydrogen-bond acceptors (Lipinski definition) is 4. The van der Waals surface area contributed by atoms with E-state index in [4.69, 9.17) is 8.83 Å². The normalized spacial score (nSPS) is 11.6. The maximum absolute atomic E-state index is 6.36. The Morgan fingerprint density at radius 3 is 0.939 bits per heavy atom. The molecule has 2 aromatic heterocycles. The van der Waals surface area contributed by atoms with Gasteiger partial charge >= 0.3 is 0 Å². The molecule has 13 aromatic rings. The maximum atomic E-state index is 6.36. The van der Waals surface area contributed by atoms with Crippen LogP contribution in [0.1, 0.15) is 0 Å². The van der Waals surface area contributed by atoms with E-state index in [0.29, 0.717) is 0 Å². The minimum absolute atomic E-state index is 0.869. The fourth-order valence-corrected chi connectivity index (χ4v) is 9.69. The molecule has 0 saturated heterocycles. The van der Waals surface area contributed by atoms with Crippen LogP contribution in [0.5, 0.6) is 0 Å². The highest BCUT2D eigenvalue weighted by Gasteiger charge is 2.18. The molecule has 13 rings (SSSR count). The summed E-state index contributed by atoms with van der Waals surface area (Å²) in [7, 11) is 0. The van der Waals surface area contributed by atoms with Crippen molar-refractivity contribution < 1.29 is 8.83 Å². The van der Waals surface area contributed by atoms with Crippen LogP contribution in [-0.2, 0) is 0 Å². The molecular formula is C62H40N2O2. The van der Waals surface area contributed by atoms with Crippen LogP contribution in [-0.4, -0.2) is 0 Å². The quantitative estimate of drug-likeness (QED) is 0.153. The molecule has 0 N–H and O–H groups in total. The van der Waals surface area contributed by atoms with Gasteiger partial charge in [-0.2, -0.15) is 0 Å². The predicted octanol–water partition coefficient (Wildman–Crippen LogP) is 18.1. The predicted molar refractivity (Wildman–Crippen MR) is 276 cm³/mol. The van der Waals surface area contributed by atoms with Crippen LogP contribution >= 0.6 is 0 Å². The molecule has 4 nitrogen and oxygen atoms in total. The Kier molecular flexibility index (Phi) is 8.81. The van der Waals surface area contributed by atoms with Gasteiger partial charge in [0.25, 0.3) is 0 Å². The van der Waals surface area contributed by atoms with Gasteiger partial charge in [-0.1, -0.05) is 146 Å². The summed E-state index contributed by atoms with van der Waals surface area (Å²) in [4.78, 5) is 4.63. The fraction of sp³-hybridized carbons (Fsp3) is 0. The van der Waals surface area contributed by atoms with E-state index in [1.807, 2.05) is 24.3 Å². The molecule has 310 valence electrons. The molecule has 0 fully saturated rings. The van der Waals surface area contributed by atoms with Crippen molar-refractivity contribution in [2.45, 2.75) is 0 Å². The Balaban J connectivity index is 0.811. The second kappa shape index (κ2) is 15.4. The highest BCUT2D eigenvalue weighted by atomic mass is 16.3. The van der Waals surface area contributed by atoms with Crippen molar-refractivity contribution in [3.63, 3.8) is 0 Å². The van der Waals surface area contributed by atoms with Crippen molar-refractivity contribution in [2.24, 2.45) is 0 Å². The molecule has 0 aliphatic heterocycles. The summed E-state index contributed by atoms with van der Waals surface area (Å²) in [5.74, 6) is 0. The molecule has 0 unspecified atom stereocenters. The third-order valence-electron chi connectivity index (χ3n) is 13.0. The van der Waals surface area contributed by atoms with Gasteiger partial charge in [0.05, 0.1) is 0 Å². The number of nitrogens with zero attached hydrogens (tertiary/aromatic N) is 2. The SMILES string of the molecule is c1ccc2cc(N(c3ccc(-c4ccc(-c5ccc(N(c6ccc7ccccc7c6)c6ccc7c(c6)oc6ccccc67)cc5)cc4)cc3)c3ccc4c(c3)oc3ccccc34)ccc2c1. The molecular weight excluding hydrogens is 805 g/mol. The van der Waals surface area contributed by atoms with Gasteiger partial charge in [0, 0.05) is 67.8 Å². The summed E-state index contributed by atoms with van der Waals surface area (Å²) in [6, 6.07) is 86.5. The molecule has 0 aliphatic carbocycles. The van der Waals surface area contributed by atoms with Gasteiger partial charge in [0.1, 0.15) is 22.3 Å². The number of benzene rings is 11. The summed E-state index contributed by atoms with van der Waals surface area (Å²) in [6.07, 6.45) is 0. The van der Waals surface area contributed by atoms with E-state index in [1.54, 1.807) is 0 Å². The number of fused-ring (bicyclic) bond motifs is 8. The van der Waals surface area contributed by atoms with Crippen LogP contribution < -0.4 is 9.80 Å². The topological polar surface area (TPSA) is 32.8 Å². The van der Waals surface area contributed by atoms with Gasteiger partial charge in [0.15, 0.2) is 0 Å². The van der Waals surface area contributed by atoms with Gasteiger partial charge in [-0.05, 0) is 129 Å². The monoisotopic (exact) mass is 844 g/mol. The van der Waals surface area contributed by atoms with Crippen molar-refractivity contribution in [2.75, 3.05) is 9.80 Å². The average Bonchev–Trinajstić information content (AvgIpc) is 3.95. The second-order valence-electron chi connectivity index (χ2n) is 17.0. The zero-order valence-electron chi connectivity index (χ0n) is 35.8. The lowest BCUT2D eigenvalue weighted by molar-refractivity contribution is 0.668. The molecule has 0 spiro atoms. The van der Waals surface area contributed by atoms with Crippen molar-refractivity contribution in [3.8, 4) is 22.3 Å². The van der Waals surface area contributed by atoms with Crippen molar-refractivity contribution in [3.05, 3.63) is 243 Å². The summed E-state index contributed by atoms with van der Waals surface area (Å²) >= 11 is 0. The van der Waals surface area contributed by atoms with Crippen molar-refractivity contribution >= 4 is 99.5 Å². The number of furan rings is 2. The lowest BCUT2D eigenvalue weighted by Crippen LogP contribution is -2.09. The molecule has 0 bridgehead atoms. The van der Waals surface area contributed by atoms with E-state index in [-0.39, 0.29) is 0 Å². The standard InChI is InChI=1S/C62H40N2O2/c1-3-11-47-37-51(31-25-41(47)9-1)63(53-33-35-57-55-13-5-7-15-59(55)65-61(57)39-53)49-27-21-45(22-28-49)43-17-19-44(20-18-43)46-23-29-50(30-24-46)64(52-32-26-42-10-2-4-12-48(42)38-52)54-34-36-58-56-14-6-8-16-60(56)66-62(58)40-54/h1-40H. The number of anilines is 6. The zero-order valence-corrected chi connectivity index (χ0v) is 35.8. The molecule has 4 heteroatoms. The molecule has 0 radical (unpaired) electrons. The van der Waals surface area contributed by atoms with E-state index < -0.39 is 0 Å². The minimum atomic E-state index is 0.869. The molecule has 66 heavy (non-hydrogen) atoms. The van der Waals surface area contributed by atoms with Gasteiger partial charge in [-0.25, -0.2) is 0 Å². The lowest BCUT2D eigenvalue weighted by Gasteiger charge is -2.26. The highest BCUT2D eigenvalue weighted by molar-refractivity contribution is 6.07. The molecule has 11 aromatic carbocycles. The summed E-state index contributed by atoms with van der Waals surface area (Å²) in [5, 5.41) is 9.29. The first kappa shape index (κ1) is 37.7. The second-order valence-corrected chi connectivity index (χ2v) is 17.0. The van der Waals surface area contributed by atoms with Gasteiger partial charge in [-0.3, -0.25) is 0 Å². The maximum Gasteiger partial charge on any atom is 0.137 e. The summed E-state index contributed by atoms with van der Waals surface area (Å²) in [6.45, 7) is 0. The highest BCUT2D eigenvalue weighted by Crippen LogP contribution is 2.42. The van der Waals surface area contributed by atoms with Crippen molar-refractivity contribution in [1.29, 1.82) is 0 Å². The summed E-state index contributed by atoms with van der Waals surface area (Å²) < 4.78 is 12.7. The lowest BCUT2D eigenvalue weighted by atomic mass is 9.99. The van der Waals surface area contributed by atoms with E-state index in [9.17, 15) is 0 Å². The Morgan fingerprint density at radius 2 is 0.515 bits per heavy atom. The molecule has 0 aliphatic rings. The first-order valence-electron chi connectivity index (χ1n) is 22.4. The van der Waals surface area contributed by atoms with Crippen LogP contribution in [0.25, 0.3) is 87.7 Å². The minimum Gasteiger partial charge on any atom is -0.456 e. The van der Waals surface area contributed by atoms with E-state index in [0.717, 1.165) is 100 Å². The zero-order chi connectivity index (χ0) is 43.6. The molecule has 0 atom stereocenters. The first-order valence-corrected chi connectivity index (χ1v) is 22.4. The fourth-order valence-electron chi connectivity index (χ4n) is 9.69. The first-order chi connectivity index (χ1) is 32.7. The number of hydrogen-bond donors (Lipinski definition) is 0. The van der Waals surface area contributed by atoms with Crippen LogP contribution in [0, 0.1) is 0 Å². The largest absolute Gasteiger partial charge is 0.456 e. The molecule has 0 saturated carbocycles. The van der Waals surface area contributed by atoms with E-state index in [1.165, 1.54) is 21.5 Å². The van der Waals surface area contributed by atoms with Crippen LogP contribution in [0.15, 0.2) is 251 Å². The smallest absolute Gasteiger partial charge is 0.137 e. The molecule has 0 amide bonds. The van der Waals surface area contributed by atoms with Crippen molar-refractivity contribution in [1.82, 2.24) is 0 Å².